The van der Waals surface area contributed by atoms with Crippen LogP contribution in [0.2, 0.25) is 0 Å². The number of urea groups is 1. The van der Waals surface area contributed by atoms with Gasteiger partial charge < -0.3 is 5.32 Å². The number of carbonyl (C=O) groups excluding carboxylic acids is 1. The number of nitrogens with zero attached hydrogens (tertiary/aromatic N) is 3. The van der Waals surface area contributed by atoms with E-state index in [9.17, 15) is 4.79 Å². The van der Waals surface area contributed by atoms with Crippen LogP contribution in [0.1, 0.15) is 17.7 Å². The standard InChI is InChI=1S/C16H16N6OS/c23-15(18-12-7-6-11-9-17-21-13(11)8-12)20-16-19-14(22-24-16)10-4-2-1-3-5-10/h1-5,9,12H,6-8H2,(H,17,21)(H2,18,19,20,22,23). The first-order chi connectivity index (χ1) is 11.8. The lowest BCUT2D eigenvalue weighted by Crippen LogP contribution is -2.41. The third-order valence-corrected chi connectivity index (χ3v) is 4.66. The topological polar surface area (TPSA) is 95.6 Å². The molecule has 122 valence electrons. The van der Waals surface area contributed by atoms with E-state index >= 15 is 0 Å². The molecule has 0 aliphatic heterocycles. The molecular weight excluding hydrogens is 324 g/mol. The van der Waals surface area contributed by atoms with Crippen LogP contribution in [0, 0.1) is 0 Å². The Labute approximate surface area is 142 Å². The molecule has 1 aromatic carbocycles. The maximum atomic E-state index is 12.2. The Kier molecular flexibility index (Phi) is 3.96. The van der Waals surface area contributed by atoms with Gasteiger partial charge >= 0.3 is 6.03 Å². The van der Waals surface area contributed by atoms with Gasteiger partial charge in [0.25, 0.3) is 0 Å². The van der Waals surface area contributed by atoms with Gasteiger partial charge in [0, 0.05) is 35.3 Å². The SMILES string of the molecule is O=C(Nc1nc(-c2ccccc2)ns1)NC1CCc2cn[nH]c2C1. The van der Waals surface area contributed by atoms with Crippen molar-refractivity contribution in [3.63, 3.8) is 0 Å². The number of anilines is 1. The molecule has 3 N–H and O–H groups in total. The van der Waals surface area contributed by atoms with Crippen LogP contribution in [-0.2, 0) is 12.8 Å². The molecule has 1 aliphatic carbocycles. The van der Waals surface area contributed by atoms with E-state index in [1.54, 1.807) is 0 Å². The molecule has 1 atom stereocenters. The van der Waals surface area contributed by atoms with Crippen molar-refractivity contribution >= 4 is 22.7 Å². The van der Waals surface area contributed by atoms with E-state index < -0.39 is 0 Å². The van der Waals surface area contributed by atoms with Crippen molar-refractivity contribution in [2.75, 3.05) is 5.32 Å². The Hall–Kier alpha value is -2.74. The first-order valence-electron chi connectivity index (χ1n) is 7.76. The first kappa shape index (κ1) is 14.8. The average Bonchev–Trinajstić information content (AvgIpc) is 3.24. The largest absolute Gasteiger partial charge is 0.335 e. The summed E-state index contributed by atoms with van der Waals surface area (Å²) in [5, 5.41) is 13.3. The zero-order valence-electron chi connectivity index (χ0n) is 12.8. The second kappa shape index (κ2) is 6.40. The molecule has 0 fully saturated rings. The van der Waals surface area contributed by atoms with Crippen molar-refractivity contribution in [2.45, 2.75) is 25.3 Å². The quantitative estimate of drug-likeness (QED) is 0.683. The molecule has 0 saturated heterocycles. The Morgan fingerprint density at radius 3 is 3.04 bits per heavy atom. The minimum atomic E-state index is -0.251. The van der Waals surface area contributed by atoms with Crippen molar-refractivity contribution < 1.29 is 4.79 Å². The summed E-state index contributed by atoms with van der Waals surface area (Å²) in [5.74, 6) is 0.621. The summed E-state index contributed by atoms with van der Waals surface area (Å²) in [6.07, 6.45) is 4.46. The third-order valence-electron chi connectivity index (χ3n) is 4.03. The van der Waals surface area contributed by atoms with E-state index in [0.29, 0.717) is 11.0 Å². The number of aromatic nitrogens is 4. The van der Waals surface area contributed by atoms with Crippen LogP contribution < -0.4 is 10.6 Å². The fraction of sp³-hybridized carbons (Fsp3) is 0.250. The second-order valence-corrected chi connectivity index (χ2v) is 6.45. The molecule has 4 rings (SSSR count). The molecule has 0 radical (unpaired) electrons. The zero-order chi connectivity index (χ0) is 16.4. The van der Waals surface area contributed by atoms with Gasteiger partial charge in [-0.1, -0.05) is 30.3 Å². The van der Waals surface area contributed by atoms with Crippen molar-refractivity contribution in [1.82, 2.24) is 24.9 Å². The van der Waals surface area contributed by atoms with E-state index in [0.717, 1.165) is 30.5 Å². The summed E-state index contributed by atoms with van der Waals surface area (Å²) in [5.41, 5.74) is 3.28. The number of rotatable bonds is 3. The van der Waals surface area contributed by atoms with E-state index in [2.05, 4.69) is 30.2 Å². The monoisotopic (exact) mass is 340 g/mol. The van der Waals surface area contributed by atoms with Gasteiger partial charge in [-0.15, -0.1) is 0 Å². The Bertz CT molecular complexity index is 843. The van der Waals surface area contributed by atoms with Gasteiger partial charge in [0.1, 0.15) is 0 Å². The second-order valence-electron chi connectivity index (χ2n) is 5.70. The number of aryl methyl sites for hydroxylation is 1. The lowest BCUT2D eigenvalue weighted by Gasteiger charge is -2.22. The van der Waals surface area contributed by atoms with Gasteiger partial charge in [-0.3, -0.25) is 10.4 Å². The summed E-state index contributed by atoms with van der Waals surface area (Å²) in [7, 11) is 0. The number of fused-ring (bicyclic) bond motifs is 1. The van der Waals surface area contributed by atoms with Crippen LogP contribution in [0.25, 0.3) is 11.4 Å². The Balaban J connectivity index is 1.36. The number of carbonyl (C=O) groups is 1. The lowest BCUT2D eigenvalue weighted by molar-refractivity contribution is 0.247. The van der Waals surface area contributed by atoms with Gasteiger partial charge in [-0.25, -0.2) is 4.79 Å². The first-order valence-corrected chi connectivity index (χ1v) is 8.53. The predicted molar refractivity (Wildman–Crippen MR) is 91.9 cm³/mol. The summed E-state index contributed by atoms with van der Waals surface area (Å²) >= 11 is 1.18. The van der Waals surface area contributed by atoms with Crippen LogP contribution >= 0.6 is 11.5 Å². The van der Waals surface area contributed by atoms with Gasteiger partial charge in [0.05, 0.1) is 6.20 Å². The molecule has 24 heavy (non-hydrogen) atoms. The molecule has 2 heterocycles. The summed E-state index contributed by atoms with van der Waals surface area (Å²) in [4.78, 5) is 16.5. The van der Waals surface area contributed by atoms with Crippen molar-refractivity contribution in [2.24, 2.45) is 0 Å². The highest BCUT2D eigenvalue weighted by atomic mass is 32.1. The smallest absolute Gasteiger partial charge is 0.321 e. The summed E-state index contributed by atoms with van der Waals surface area (Å²) < 4.78 is 4.28. The molecule has 7 nitrogen and oxygen atoms in total. The average molecular weight is 340 g/mol. The number of hydrogen-bond acceptors (Lipinski definition) is 5. The molecule has 0 spiro atoms. The van der Waals surface area contributed by atoms with E-state index in [-0.39, 0.29) is 12.1 Å². The number of hydrogen-bond donors (Lipinski definition) is 3. The Morgan fingerprint density at radius 1 is 1.29 bits per heavy atom. The fourth-order valence-corrected chi connectivity index (χ4v) is 3.41. The highest BCUT2D eigenvalue weighted by molar-refractivity contribution is 7.10. The molecule has 1 unspecified atom stereocenters. The Morgan fingerprint density at radius 2 is 2.17 bits per heavy atom. The van der Waals surface area contributed by atoms with E-state index in [1.165, 1.54) is 17.1 Å². The summed E-state index contributed by atoms with van der Waals surface area (Å²) in [6.45, 7) is 0. The molecule has 0 bridgehead atoms. The number of H-pyrrole nitrogens is 1. The van der Waals surface area contributed by atoms with Crippen molar-refractivity contribution in [3.05, 3.63) is 47.8 Å². The predicted octanol–water partition coefficient (Wildman–Crippen LogP) is 2.61. The highest BCUT2D eigenvalue weighted by Gasteiger charge is 2.22. The number of aromatic amines is 1. The number of benzene rings is 1. The summed E-state index contributed by atoms with van der Waals surface area (Å²) in [6, 6.07) is 9.54. The van der Waals surface area contributed by atoms with Crippen LogP contribution in [0.4, 0.5) is 9.93 Å². The molecular formula is C16H16N6OS. The minimum Gasteiger partial charge on any atom is -0.335 e. The normalized spacial score (nSPS) is 16.4. The van der Waals surface area contributed by atoms with Gasteiger partial charge in [0.15, 0.2) is 5.82 Å². The maximum absolute atomic E-state index is 12.2. The molecule has 3 aromatic rings. The molecule has 2 aromatic heterocycles. The molecule has 2 amide bonds. The molecule has 0 saturated carbocycles. The van der Waals surface area contributed by atoms with Crippen molar-refractivity contribution in [1.29, 1.82) is 0 Å². The minimum absolute atomic E-state index is 0.0967. The van der Waals surface area contributed by atoms with Crippen LogP contribution in [0.15, 0.2) is 36.5 Å². The molecule has 1 aliphatic rings. The van der Waals surface area contributed by atoms with Gasteiger partial charge in [-0.2, -0.15) is 14.5 Å². The number of nitrogens with one attached hydrogen (secondary N) is 3. The van der Waals surface area contributed by atoms with Crippen molar-refractivity contribution in [3.8, 4) is 11.4 Å². The fourth-order valence-electron chi connectivity index (χ4n) is 2.83. The van der Waals surface area contributed by atoms with Gasteiger partial charge in [-0.05, 0) is 18.4 Å². The lowest BCUT2D eigenvalue weighted by atomic mass is 9.94. The molecule has 8 heteroatoms. The highest BCUT2D eigenvalue weighted by Crippen LogP contribution is 2.21. The zero-order valence-corrected chi connectivity index (χ0v) is 13.6. The van der Waals surface area contributed by atoms with Crippen LogP contribution in [-0.4, -0.2) is 31.6 Å². The van der Waals surface area contributed by atoms with E-state index in [4.69, 9.17) is 0 Å². The maximum Gasteiger partial charge on any atom is 0.321 e. The number of amides is 2. The third kappa shape index (κ3) is 3.13. The van der Waals surface area contributed by atoms with Gasteiger partial charge in [0.2, 0.25) is 5.13 Å². The van der Waals surface area contributed by atoms with E-state index in [1.807, 2.05) is 36.5 Å². The van der Waals surface area contributed by atoms with Crippen LogP contribution in [0.5, 0.6) is 0 Å². The van der Waals surface area contributed by atoms with Crippen LogP contribution in [0.3, 0.4) is 0 Å².